The number of carbonyl (C=O) groups is 2. The first-order valence-corrected chi connectivity index (χ1v) is 16.1. The number of carbonyl (C=O) groups excluding carboxylic acids is 2. The minimum Gasteiger partial charge on any atom is -0.507 e. The lowest BCUT2D eigenvalue weighted by atomic mass is 9.95. The first kappa shape index (κ1) is 31.0. The van der Waals surface area contributed by atoms with E-state index in [1.54, 1.807) is 48.5 Å². The number of thioether (sulfide) groups is 1. The summed E-state index contributed by atoms with van der Waals surface area (Å²) >= 11 is 2.37. The Balaban J connectivity index is 1.38. The molecular formula is C35H28FN3O5S2. The highest BCUT2D eigenvalue weighted by Crippen LogP contribution is 2.45. The molecule has 6 rings (SSSR count). The lowest BCUT2D eigenvalue weighted by Gasteiger charge is -2.23. The van der Waals surface area contributed by atoms with Gasteiger partial charge >= 0.3 is 5.91 Å². The number of aromatic nitrogens is 2. The molecule has 1 aliphatic rings. The lowest BCUT2D eigenvalue weighted by Crippen LogP contribution is -2.29. The monoisotopic (exact) mass is 653 g/mol. The summed E-state index contributed by atoms with van der Waals surface area (Å²) in [6, 6.07) is 27.2. The van der Waals surface area contributed by atoms with Crippen molar-refractivity contribution in [2.45, 2.75) is 29.7 Å². The minimum atomic E-state index is -1.05. The standard InChI is InChI=1S/C35H28FN3O5S2/c1-21-12-14-23(15-13-21)31(40)29-30(24-16-17-27(28(18-24)43-2)44-19-22-8-4-3-5-9-22)39(33(42)32(29)41)34-37-38-35(46-34)45-20-25-10-6-7-11-26(25)36/h3-18,30,40H,19-20H2,1-2H3/b31-29-. The molecule has 8 nitrogen and oxygen atoms in total. The Kier molecular flexibility index (Phi) is 9.13. The summed E-state index contributed by atoms with van der Waals surface area (Å²) < 4.78 is 26.4. The van der Waals surface area contributed by atoms with Crippen LogP contribution in [-0.2, 0) is 21.9 Å². The highest BCUT2D eigenvalue weighted by atomic mass is 32.2. The van der Waals surface area contributed by atoms with Crippen LogP contribution in [0.4, 0.5) is 9.52 Å². The van der Waals surface area contributed by atoms with Gasteiger partial charge in [0.25, 0.3) is 5.78 Å². The molecule has 1 amide bonds. The molecule has 0 saturated carbocycles. The molecule has 0 bridgehead atoms. The highest BCUT2D eigenvalue weighted by Gasteiger charge is 2.48. The van der Waals surface area contributed by atoms with Crippen LogP contribution in [0.25, 0.3) is 5.76 Å². The van der Waals surface area contributed by atoms with Crippen molar-refractivity contribution in [1.82, 2.24) is 10.2 Å². The van der Waals surface area contributed by atoms with E-state index in [0.29, 0.717) is 44.9 Å². The van der Waals surface area contributed by atoms with Gasteiger partial charge in [-0.3, -0.25) is 14.5 Å². The number of aryl methyl sites for hydroxylation is 1. The number of ether oxygens (including phenoxy) is 2. The number of aliphatic hydroxyl groups excluding tert-OH is 1. The predicted octanol–water partition coefficient (Wildman–Crippen LogP) is 7.49. The maximum Gasteiger partial charge on any atom is 0.301 e. The Hall–Kier alpha value is -5.00. The van der Waals surface area contributed by atoms with Crippen LogP contribution in [0, 0.1) is 12.7 Å². The summed E-state index contributed by atoms with van der Waals surface area (Å²) in [5, 5.41) is 20.1. The number of rotatable bonds is 10. The smallest absolute Gasteiger partial charge is 0.301 e. The second-order valence-corrected chi connectivity index (χ2v) is 12.6. The van der Waals surface area contributed by atoms with Gasteiger partial charge in [-0.1, -0.05) is 108 Å². The average Bonchev–Trinajstić information content (AvgIpc) is 3.65. The second kappa shape index (κ2) is 13.6. The predicted molar refractivity (Wildman–Crippen MR) is 176 cm³/mol. The van der Waals surface area contributed by atoms with Gasteiger partial charge in [0, 0.05) is 11.3 Å². The Morgan fingerprint density at radius 2 is 1.70 bits per heavy atom. The largest absolute Gasteiger partial charge is 0.507 e. The van der Waals surface area contributed by atoms with Crippen molar-refractivity contribution in [3.05, 3.63) is 136 Å². The molecule has 2 heterocycles. The molecule has 0 radical (unpaired) electrons. The summed E-state index contributed by atoms with van der Waals surface area (Å²) in [5.74, 6) is -1.20. The van der Waals surface area contributed by atoms with Crippen molar-refractivity contribution in [2.24, 2.45) is 0 Å². The van der Waals surface area contributed by atoms with Crippen molar-refractivity contribution in [2.75, 3.05) is 12.0 Å². The topological polar surface area (TPSA) is 102 Å². The number of hydrogen-bond donors (Lipinski definition) is 1. The second-order valence-electron chi connectivity index (χ2n) is 10.5. The number of ketones is 1. The number of halogens is 1. The third-order valence-electron chi connectivity index (χ3n) is 7.42. The van der Waals surface area contributed by atoms with E-state index in [9.17, 15) is 19.1 Å². The van der Waals surface area contributed by atoms with Crippen LogP contribution in [0.3, 0.4) is 0 Å². The van der Waals surface area contributed by atoms with Crippen LogP contribution in [0.1, 0.15) is 33.9 Å². The summed E-state index contributed by atoms with van der Waals surface area (Å²) in [5.41, 5.74) is 3.24. The van der Waals surface area contributed by atoms with Crippen molar-refractivity contribution < 1.29 is 28.6 Å². The molecule has 0 spiro atoms. The van der Waals surface area contributed by atoms with E-state index in [1.165, 1.54) is 29.8 Å². The number of anilines is 1. The third kappa shape index (κ3) is 6.37. The van der Waals surface area contributed by atoms with Crippen molar-refractivity contribution in [3.63, 3.8) is 0 Å². The zero-order chi connectivity index (χ0) is 32.2. The lowest BCUT2D eigenvalue weighted by molar-refractivity contribution is -0.132. The van der Waals surface area contributed by atoms with Gasteiger partial charge in [0.15, 0.2) is 15.8 Å². The number of nitrogens with zero attached hydrogens (tertiary/aromatic N) is 3. The van der Waals surface area contributed by atoms with Crippen LogP contribution in [-0.4, -0.2) is 34.1 Å². The first-order chi connectivity index (χ1) is 22.3. The highest BCUT2D eigenvalue weighted by molar-refractivity contribution is 8.00. The van der Waals surface area contributed by atoms with E-state index in [-0.39, 0.29) is 22.3 Å². The molecule has 232 valence electrons. The van der Waals surface area contributed by atoms with Gasteiger partial charge in [0.05, 0.1) is 18.7 Å². The van der Waals surface area contributed by atoms with Gasteiger partial charge in [0.1, 0.15) is 18.2 Å². The van der Waals surface area contributed by atoms with E-state index in [2.05, 4.69) is 10.2 Å². The number of Topliss-reactive ketones (excluding diaryl/α,β-unsaturated/α-hetero) is 1. The van der Waals surface area contributed by atoms with Gasteiger partial charge in [-0.25, -0.2) is 4.39 Å². The van der Waals surface area contributed by atoms with Gasteiger partial charge in [-0.05, 0) is 41.8 Å². The Bertz CT molecular complexity index is 1930. The van der Waals surface area contributed by atoms with E-state index in [1.807, 2.05) is 49.4 Å². The van der Waals surface area contributed by atoms with Gasteiger partial charge in [-0.15, -0.1) is 10.2 Å². The van der Waals surface area contributed by atoms with Crippen molar-refractivity contribution >= 4 is 45.7 Å². The number of hydrogen-bond acceptors (Lipinski definition) is 9. The number of benzene rings is 4. The first-order valence-electron chi connectivity index (χ1n) is 14.3. The summed E-state index contributed by atoms with van der Waals surface area (Å²) in [6.07, 6.45) is 0. The molecule has 1 atom stereocenters. The Morgan fingerprint density at radius 1 is 0.957 bits per heavy atom. The maximum atomic E-state index is 14.2. The fourth-order valence-corrected chi connectivity index (χ4v) is 6.89. The third-order valence-corrected chi connectivity index (χ3v) is 9.53. The van der Waals surface area contributed by atoms with Gasteiger partial charge in [0.2, 0.25) is 5.13 Å². The Morgan fingerprint density at radius 3 is 2.43 bits per heavy atom. The minimum absolute atomic E-state index is 0.0929. The van der Waals surface area contributed by atoms with E-state index in [0.717, 1.165) is 22.5 Å². The van der Waals surface area contributed by atoms with E-state index >= 15 is 0 Å². The molecule has 4 aromatic carbocycles. The van der Waals surface area contributed by atoms with Crippen LogP contribution in [0.2, 0.25) is 0 Å². The molecule has 0 aliphatic carbocycles. The molecule has 1 N–H and O–H groups in total. The van der Waals surface area contributed by atoms with E-state index < -0.39 is 17.7 Å². The fraction of sp³-hybridized carbons (Fsp3) is 0.143. The van der Waals surface area contributed by atoms with Crippen LogP contribution in [0.5, 0.6) is 11.5 Å². The average molecular weight is 654 g/mol. The SMILES string of the molecule is COc1cc(C2/C(=C(/O)c3ccc(C)cc3)C(=O)C(=O)N2c2nnc(SCc3ccccc3F)s2)ccc1OCc1ccccc1. The fourth-order valence-electron chi connectivity index (χ4n) is 5.03. The number of amides is 1. The van der Waals surface area contributed by atoms with Gasteiger partial charge < -0.3 is 14.6 Å². The molecular weight excluding hydrogens is 626 g/mol. The maximum absolute atomic E-state index is 14.2. The van der Waals surface area contributed by atoms with Crippen LogP contribution < -0.4 is 14.4 Å². The molecule has 1 aromatic heterocycles. The molecule has 1 fully saturated rings. The molecule has 46 heavy (non-hydrogen) atoms. The van der Waals surface area contributed by atoms with Gasteiger partial charge in [-0.2, -0.15) is 0 Å². The number of aliphatic hydroxyl groups is 1. The molecule has 1 aliphatic heterocycles. The van der Waals surface area contributed by atoms with Crippen molar-refractivity contribution in [1.29, 1.82) is 0 Å². The zero-order valence-electron chi connectivity index (χ0n) is 24.8. The zero-order valence-corrected chi connectivity index (χ0v) is 26.5. The molecule has 5 aromatic rings. The molecule has 1 saturated heterocycles. The quantitative estimate of drug-likeness (QED) is 0.0544. The summed E-state index contributed by atoms with van der Waals surface area (Å²) in [7, 11) is 1.50. The summed E-state index contributed by atoms with van der Waals surface area (Å²) in [6.45, 7) is 2.22. The summed E-state index contributed by atoms with van der Waals surface area (Å²) in [4.78, 5) is 28.5. The van der Waals surface area contributed by atoms with Crippen LogP contribution >= 0.6 is 23.1 Å². The molecule has 1 unspecified atom stereocenters. The van der Waals surface area contributed by atoms with E-state index in [4.69, 9.17) is 9.47 Å². The van der Waals surface area contributed by atoms with Crippen molar-refractivity contribution in [3.8, 4) is 11.5 Å². The molecule has 11 heteroatoms. The Labute approximate surface area is 273 Å². The van der Waals surface area contributed by atoms with Crippen LogP contribution in [0.15, 0.2) is 107 Å². The normalized spacial score (nSPS) is 15.7. The number of methoxy groups -OCH3 is 1.